The molecule has 0 aromatic heterocycles. The van der Waals surface area contributed by atoms with Crippen molar-refractivity contribution in [1.29, 1.82) is 5.26 Å². The fraction of sp³-hybridized carbons (Fsp3) is 0.727. The first-order valence-electron chi connectivity index (χ1n) is 4.60. The molecule has 12 heavy (non-hydrogen) atoms. The van der Waals surface area contributed by atoms with E-state index in [-0.39, 0.29) is 0 Å². The third kappa shape index (κ3) is 5.97. The Morgan fingerprint density at radius 2 is 2.00 bits per heavy atom. The molecule has 68 valence electrons. The van der Waals surface area contributed by atoms with Gasteiger partial charge in [-0.1, -0.05) is 32.4 Å². The van der Waals surface area contributed by atoms with Crippen LogP contribution < -0.4 is 0 Å². The molecule has 1 heteroatoms. The molecule has 0 fully saturated rings. The lowest BCUT2D eigenvalue weighted by atomic mass is 9.96. The van der Waals surface area contributed by atoms with Gasteiger partial charge in [0.2, 0.25) is 0 Å². The minimum atomic E-state index is 0.572. The van der Waals surface area contributed by atoms with Crippen molar-refractivity contribution in [3.63, 3.8) is 0 Å². The summed E-state index contributed by atoms with van der Waals surface area (Å²) in [7, 11) is 0. The first-order chi connectivity index (χ1) is 5.56. The minimum absolute atomic E-state index is 0.572. The molecule has 0 bridgehead atoms. The Morgan fingerprint density at radius 1 is 1.42 bits per heavy atom. The van der Waals surface area contributed by atoms with Crippen molar-refractivity contribution in [2.24, 2.45) is 11.8 Å². The van der Waals surface area contributed by atoms with Gasteiger partial charge in [-0.05, 0) is 25.2 Å². The van der Waals surface area contributed by atoms with Crippen LogP contribution in [-0.2, 0) is 0 Å². The molecule has 1 unspecified atom stereocenters. The van der Waals surface area contributed by atoms with Crippen LogP contribution in [-0.4, -0.2) is 0 Å². The highest BCUT2D eigenvalue weighted by Gasteiger charge is 2.01. The normalized spacial score (nSPS) is 14.5. The molecule has 1 atom stereocenters. The third-order valence-electron chi connectivity index (χ3n) is 1.77. The largest absolute Gasteiger partial charge is 0.198 e. The third-order valence-corrected chi connectivity index (χ3v) is 1.77. The SMILES string of the molecule is CC(=CC(C)CC(C)C)CC#N. The molecule has 0 aromatic rings. The van der Waals surface area contributed by atoms with Gasteiger partial charge in [0, 0.05) is 0 Å². The standard InChI is InChI=1S/C11H19N/c1-9(2)7-11(4)8-10(3)5-6-12/h8-9,11H,5,7H2,1-4H3. The molecule has 0 spiro atoms. The molecule has 0 aliphatic carbocycles. The summed E-state index contributed by atoms with van der Waals surface area (Å²) in [6.07, 6.45) is 3.99. The summed E-state index contributed by atoms with van der Waals surface area (Å²) in [5.41, 5.74) is 1.20. The van der Waals surface area contributed by atoms with Crippen molar-refractivity contribution >= 4 is 0 Å². The zero-order valence-electron chi connectivity index (χ0n) is 8.59. The van der Waals surface area contributed by atoms with E-state index >= 15 is 0 Å². The van der Waals surface area contributed by atoms with Gasteiger partial charge in [-0.25, -0.2) is 0 Å². The van der Waals surface area contributed by atoms with Gasteiger partial charge < -0.3 is 0 Å². The average Bonchev–Trinajstić information content (AvgIpc) is 1.84. The highest BCUT2D eigenvalue weighted by molar-refractivity contribution is 5.05. The van der Waals surface area contributed by atoms with E-state index in [4.69, 9.17) is 5.26 Å². The Labute approximate surface area is 76.1 Å². The Hall–Kier alpha value is -0.770. The van der Waals surface area contributed by atoms with Crippen LogP contribution in [0.5, 0.6) is 0 Å². The van der Waals surface area contributed by atoms with Crippen LogP contribution in [0.25, 0.3) is 0 Å². The molecule has 0 aliphatic rings. The van der Waals surface area contributed by atoms with Crippen LogP contribution in [0.3, 0.4) is 0 Å². The maximum absolute atomic E-state index is 8.44. The number of allylic oxidation sites excluding steroid dienone is 2. The molecular formula is C11H19N. The Balaban J connectivity index is 3.89. The predicted octanol–water partition coefficient (Wildman–Crippen LogP) is 3.53. The zero-order valence-corrected chi connectivity index (χ0v) is 8.59. The molecule has 0 aromatic carbocycles. The highest BCUT2D eigenvalue weighted by Crippen LogP contribution is 2.14. The van der Waals surface area contributed by atoms with Crippen LogP contribution in [0, 0.1) is 23.2 Å². The Bertz CT molecular complexity index is 184. The van der Waals surface area contributed by atoms with Gasteiger partial charge in [-0.2, -0.15) is 5.26 Å². The van der Waals surface area contributed by atoms with E-state index in [1.54, 1.807) is 0 Å². The second kappa shape index (κ2) is 5.83. The second-order valence-electron chi connectivity index (χ2n) is 3.95. The minimum Gasteiger partial charge on any atom is -0.198 e. The number of hydrogen-bond donors (Lipinski definition) is 0. The second-order valence-corrected chi connectivity index (χ2v) is 3.95. The highest BCUT2D eigenvalue weighted by atomic mass is 14.2. The fourth-order valence-corrected chi connectivity index (χ4v) is 1.48. The van der Waals surface area contributed by atoms with E-state index in [0.29, 0.717) is 12.3 Å². The molecule has 0 heterocycles. The lowest BCUT2D eigenvalue weighted by Gasteiger charge is -2.09. The van der Waals surface area contributed by atoms with Gasteiger partial charge in [0.1, 0.15) is 0 Å². The average molecular weight is 165 g/mol. The van der Waals surface area contributed by atoms with E-state index in [1.807, 2.05) is 6.92 Å². The summed E-state index contributed by atoms with van der Waals surface area (Å²) in [6, 6.07) is 2.16. The van der Waals surface area contributed by atoms with E-state index in [0.717, 1.165) is 5.92 Å². The molecule has 0 aliphatic heterocycles. The zero-order chi connectivity index (χ0) is 9.56. The van der Waals surface area contributed by atoms with Gasteiger partial charge in [0.15, 0.2) is 0 Å². The van der Waals surface area contributed by atoms with Crippen LogP contribution >= 0.6 is 0 Å². The molecule has 0 rings (SSSR count). The number of nitriles is 1. The molecule has 0 saturated carbocycles. The quantitative estimate of drug-likeness (QED) is 0.585. The summed E-state index contributed by atoms with van der Waals surface area (Å²) in [6.45, 7) is 8.69. The van der Waals surface area contributed by atoms with Crippen molar-refractivity contribution in [2.45, 2.75) is 40.5 Å². The van der Waals surface area contributed by atoms with Crippen molar-refractivity contribution in [1.82, 2.24) is 0 Å². The number of rotatable bonds is 4. The van der Waals surface area contributed by atoms with Crippen LogP contribution in [0.15, 0.2) is 11.6 Å². The predicted molar refractivity (Wildman–Crippen MR) is 52.6 cm³/mol. The maximum atomic E-state index is 8.44. The van der Waals surface area contributed by atoms with Gasteiger partial charge >= 0.3 is 0 Å². The Morgan fingerprint density at radius 3 is 2.42 bits per heavy atom. The summed E-state index contributed by atoms with van der Waals surface area (Å²) in [5.74, 6) is 1.35. The molecule has 0 radical (unpaired) electrons. The van der Waals surface area contributed by atoms with Gasteiger partial charge in [0.25, 0.3) is 0 Å². The Kier molecular flexibility index (Phi) is 5.45. The monoisotopic (exact) mass is 165 g/mol. The van der Waals surface area contributed by atoms with E-state index in [9.17, 15) is 0 Å². The maximum Gasteiger partial charge on any atom is 0.0666 e. The van der Waals surface area contributed by atoms with Gasteiger partial charge in [-0.3, -0.25) is 0 Å². The first-order valence-corrected chi connectivity index (χ1v) is 4.60. The van der Waals surface area contributed by atoms with Gasteiger partial charge in [0.05, 0.1) is 12.5 Å². The van der Waals surface area contributed by atoms with Gasteiger partial charge in [-0.15, -0.1) is 0 Å². The summed E-state index contributed by atoms with van der Waals surface area (Å²) in [5, 5.41) is 8.44. The van der Waals surface area contributed by atoms with Crippen molar-refractivity contribution in [3.8, 4) is 6.07 Å². The van der Waals surface area contributed by atoms with E-state index in [1.165, 1.54) is 12.0 Å². The first kappa shape index (κ1) is 11.2. The summed E-state index contributed by atoms with van der Waals surface area (Å²) in [4.78, 5) is 0. The van der Waals surface area contributed by atoms with Crippen molar-refractivity contribution in [3.05, 3.63) is 11.6 Å². The lowest BCUT2D eigenvalue weighted by Crippen LogP contribution is -1.97. The molecule has 0 saturated heterocycles. The number of hydrogen-bond acceptors (Lipinski definition) is 1. The lowest BCUT2D eigenvalue weighted by molar-refractivity contribution is 0.501. The van der Waals surface area contributed by atoms with Crippen LogP contribution in [0.4, 0.5) is 0 Å². The van der Waals surface area contributed by atoms with Crippen LogP contribution in [0.1, 0.15) is 40.5 Å². The van der Waals surface area contributed by atoms with E-state index in [2.05, 4.69) is 32.9 Å². The molecular weight excluding hydrogens is 146 g/mol. The topological polar surface area (TPSA) is 23.8 Å². The summed E-state index contributed by atoms with van der Waals surface area (Å²) >= 11 is 0. The van der Waals surface area contributed by atoms with Crippen molar-refractivity contribution in [2.75, 3.05) is 0 Å². The summed E-state index contributed by atoms with van der Waals surface area (Å²) < 4.78 is 0. The molecule has 0 amide bonds. The molecule has 0 N–H and O–H groups in total. The van der Waals surface area contributed by atoms with Crippen LogP contribution in [0.2, 0.25) is 0 Å². The fourth-order valence-electron chi connectivity index (χ4n) is 1.48. The number of nitrogens with zero attached hydrogens (tertiary/aromatic N) is 1. The smallest absolute Gasteiger partial charge is 0.0666 e. The molecule has 1 nitrogen and oxygen atoms in total. The van der Waals surface area contributed by atoms with E-state index < -0.39 is 0 Å². The van der Waals surface area contributed by atoms with Crippen molar-refractivity contribution < 1.29 is 0 Å².